The zero-order chi connectivity index (χ0) is 14.4. The van der Waals surface area contributed by atoms with E-state index in [0.717, 1.165) is 0 Å². The molecule has 0 aliphatic heterocycles. The molecule has 0 saturated heterocycles. The van der Waals surface area contributed by atoms with E-state index in [1.54, 1.807) is 6.92 Å². The molecule has 104 valence electrons. The van der Waals surface area contributed by atoms with Crippen LogP contribution in [-0.4, -0.2) is 34.1 Å². The Bertz CT molecular complexity index is 479. The second-order valence-corrected chi connectivity index (χ2v) is 4.42. The van der Waals surface area contributed by atoms with Crippen molar-refractivity contribution in [3.8, 4) is 5.75 Å². The molecule has 1 rings (SSSR count). The molecule has 0 aliphatic carbocycles. The van der Waals surface area contributed by atoms with Crippen molar-refractivity contribution >= 4 is 24.9 Å². The minimum Gasteiger partial charge on any atom is -0.505 e. The van der Waals surface area contributed by atoms with Gasteiger partial charge in [0.15, 0.2) is 6.29 Å². The molecule has 0 bridgehead atoms. The van der Waals surface area contributed by atoms with Crippen molar-refractivity contribution in [2.24, 2.45) is 5.73 Å². The van der Waals surface area contributed by atoms with Crippen molar-refractivity contribution < 1.29 is 19.4 Å². The summed E-state index contributed by atoms with van der Waals surface area (Å²) in [6.45, 7) is 1.41. The van der Waals surface area contributed by atoms with Crippen LogP contribution >= 0.6 is 12.6 Å². The van der Waals surface area contributed by atoms with Gasteiger partial charge < -0.3 is 15.6 Å². The number of nitrogens with zero attached hydrogens (tertiary/aromatic N) is 1. The van der Waals surface area contributed by atoms with Crippen LogP contribution in [0.3, 0.4) is 0 Å². The monoisotopic (exact) mass is 284 g/mol. The van der Waals surface area contributed by atoms with E-state index in [0.29, 0.717) is 29.7 Å². The van der Waals surface area contributed by atoms with Crippen molar-refractivity contribution in [3.63, 3.8) is 0 Å². The molecule has 0 spiro atoms. The summed E-state index contributed by atoms with van der Waals surface area (Å²) in [5.74, 6) is -0.308. The summed E-state index contributed by atoms with van der Waals surface area (Å²) in [5, 5.41) is 9.67. The van der Waals surface area contributed by atoms with Gasteiger partial charge in [0.2, 0.25) is 0 Å². The zero-order valence-electron chi connectivity index (χ0n) is 10.5. The number of rotatable bonds is 6. The fourth-order valence-electron chi connectivity index (χ4n) is 1.41. The first-order valence-electron chi connectivity index (χ1n) is 5.67. The number of hydrogen-bond donors (Lipinski definition) is 3. The summed E-state index contributed by atoms with van der Waals surface area (Å²) in [5.41, 5.74) is 6.31. The lowest BCUT2D eigenvalue weighted by Crippen LogP contribution is -2.32. The second-order valence-electron chi connectivity index (χ2n) is 3.98. The Balaban J connectivity index is 2.76. The molecule has 6 nitrogen and oxygen atoms in total. The van der Waals surface area contributed by atoms with E-state index < -0.39 is 12.0 Å². The Morgan fingerprint density at radius 3 is 2.95 bits per heavy atom. The van der Waals surface area contributed by atoms with Gasteiger partial charge in [0.1, 0.15) is 18.4 Å². The van der Waals surface area contributed by atoms with E-state index >= 15 is 0 Å². The molecule has 1 heterocycles. The highest BCUT2D eigenvalue weighted by atomic mass is 32.1. The standard InChI is InChI=1S/C12H16N2O4S/c1-7-11(16)9(5-15)8(4-14-7)6-18-12(17)10(13)2-3-19/h4-5,10,16,19H,2-3,6,13H2,1H3/t10-/m0/s1. The van der Waals surface area contributed by atoms with Gasteiger partial charge in [0.05, 0.1) is 11.3 Å². The predicted octanol–water partition coefficient (Wildman–Crippen LogP) is 0.599. The van der Waals surface area contributed by atoms with Crippen LogP contribution in [0.5, 0.6) is 5.75 Å². The number of nitrogens with two attached hydrogens (primary N) is 1. The average Bonchev–Trinajstić information content (AvgIpc) is 2.40. The van der Waals surface area contributed by atoms with Crippen LogP contribution < -0.4 is 5.73 Å². The molecule has 0 fully saturated rings. The van der Waals surface area contributed by atoms with Gasteiger partial charge in [0, 0.05) is 11.8 Å². The van der Waals surface area contributed by atoms with Gasteiger partial charge in [-0.1, -0.05) is 0 Å². The zero-order valence-corrected chi connectivity index (χ0v) is 11.4. The quantitative estimate of drug-likeness (QED) is 0.401. The van der Waals surface area contributed by atoms with Crippen molar-refractivity contribution in [2.45, 2.75) is 26.0 Å². The number of ether oxygens (including phenoxy) is 1. The number of carbonyl (C=O) groups is 2. The fourth-order valence-corrected chi connectivity index (χ4v) is 1.69. The lowest BCUT2D eigenvalue weighted by atomic mass is 10.1. The molecule has 1 aromatic heterocycles. The third-order valence-electron chi connectivity index (χ3n) is 2.59. The summed E-state index contributed by atoms with van der Waals surface area (Å²) in [6, 6.07) is -0.746. The van der Waals surface area contributed by atoms with Crippen LogP contribution in [0, 0.1) is 6.92 Å². The largest absolute Gasteiger partial charge is 0.505 e. The molecule has 19 heavy (non-hydrogen) atoms. The number of esters is 1. The van der Waals surface area contributed by atoms with Crippen LogP contribution in [0.25, 0.3) is 0 Å². The van der Waals surface area contributed by atoms with Crippen molar-refractivity contribution in [1.82, 2.24) is 4.98 Å². The van der Waals surface area contributed by atoms with Gasteiger partial charge in [-0.3, -0.25) is 14.6 Å². The number of thiol groups is 1. The van der Waals surface area contributed by atoms with Crippen LogP contribution in [0.2, 0.25) is 0 Å². The molecule has 1 aromatic rings. The third-order valence-corrected chi connectivity index (χ3v) is 2.85. The van der Waals surface area contributed by atoms with Gasteiger partial charge in [-0.05, 0) is 19.1 Å². The van der Waals surface area contributed by atoms with E-state index in [9.17, 15) is 14.7 Å². The molecule has 3 N–H and O–H groups in total. The highest BCUT2D eigenvalue weighted by Crippen LogP contribution is 2.22. The molecule has 0 amide bonds. The number of pyridine rings is 1. The molecule has 1 atom stereocenters. The van der Waals surface area contributed by atoms with Gasteiger partial charge in [0.25, 0.3) is 0 Å². The number of aromatic hydroxyl groups is 1. The lowest BCUT2D eigenvalue weighted by Gasteiger charge is -2.12. The molecular formula is C12H16N2O4S. The van der Waals surface area contributed by atoms with E-state index in [1.165, 1.54) is 6.20 Å². The van der Waals surface area contributed by atoms with Crippen LogP contribution in [0.15, 0.2) is 6.20 Å². The van der Waals surface area contributed by atoms with E-state index in [1.807, 2.05) is 0 Å². The minimum absolute atomic E-state index is 0.0723. The highest BCUT2D eigenvalue weighted by molar-refractivity contribution is 7.80. The molecule has 0 aliphatic rings. The fraction of sp³-hybridized carbons (Fsp3) is 0.417. The third kappa shape index (κ3) is 3.93. The molecule has 7 heteroatoms. The molecular weight excluding hydrogens is 268 g/mol. The Morgan fingerprint density at radius 2 is 2.37 bits per heavy atom. The molecule has 0 unspecified atom stereocenters. The Hall–Kier alpha value is -1.60. The number of hydrogen-bond acceptors (Lipinski definition) is 7. The number of aldehydes is 1. The molecule has 0 radical (unpaired) electrons. The first-order valence-corrected chi connectivity index (χ1v) is 6.30. The Kier molecular flexibility index (Phi) is 5.78. The van der Waals surface area contributed by atoms with Crippen molar-refractivity contribution in [1.29, 1.82) is 0 Å². The second kappa shape index (κ2) is 7.10. The lowest BCUT2D eigenvalue weighted by molar-refractivity contribution is -0.146. The topological polar surface area (TPSA) is 103 Å². The van der Waals surface area contributed by atoms with Crippen molar-refractivity contribution in [2.75, 3.05) is 5.75 Å². The maximum absolute atomic E-state index is 11.5. The smallest absolute Gasteiger partial charge is 0.323 e. The van der Waals surface area contributed by atoms with Crippen LogP contribution in [0.4, 0.5) is 0 Å². The van der Waals surface area contributed by atoms with Gasteiger partial charge in [-0.15, -0.1) is 0 Å². The summed E-state index contributed by atoms with van der Waals surface area (Å²) in [7, 11) is 0. The van der Waals surface area contributed by atoms with E-state index in [4.69, 9.17) is 10.5 Å². The van der Waals surface area contributed by atoms with Crippen LogP contribution in [0.1, 0.15) is 28.0 Å². The van der Waals surface area contributed by atoms with E-state index in [-0.39, 0.29) is 17.9 Å². The summed E-state index contributed by atoms with van der Waals surface area (Å²) in [6.07, 6.45) is 2.29. The van der Waals surface area contributed by atoms with Gasteiger partial charge in [-0.2, -0.15) is 12.6 Å². The average molecular weight is 284 g/mol. The molecule has 0 saturated carbocycles. The Labute approximate surface area is 116 Å². The Morgan fingerprint density at radius 1 is 1.68 bits per heavy atom. The maximum Gasteiger partial charge on any atom is 0.323 e. The van der Waals surface area contributed by atoms with E-state index in [2.05, 4.69) is 17.6 Å². The minimum atomic E-state index is -0.746. The normalized spacial score (nSPS) is 11.9. The van der Waals surface area contributed by atoms with Crippen molar-refractivity contribution in [3.05, 3.63) is 23.0 Å². The molecule has 0 aromatic carbocycles. The van der Waals surface area contributed by atoms with Gasteiger partial charge in [-0.25, -0.2) is 0 Å². The highest BCUT2D eigenvalue weighted by Gasteiger charge is 2.16. The van der Waals surface area contributed by atoms with Crippen LogP contribution in [-0.2, 0) is 16.1 Å². The number of aromatic nitrogens is 1. The first-order chi connectivity index (χ1) is 9.01. The summed E-state index contributed by atoms with van der Waals surface area (Å²) >= 11 is 3.97. The predicted molar refractivity (Wildman–Crippen MR) is 72.3 cm³/mol. The summed E-state index contributed by atoms with van der Waals surface area (Å²) in [4.78, 5) is 26.3. The number of aryl methyl sites for hydroxylation is 1. The summed E-state index contributed by atoms with van der Waals surface area (Å²) < 4.78 is 4.97. The van der Waals surface area contributed by atoms with Gasteiger partial charge >= 0.3 is 5.97 Å². The first kappa shape index (κ1) is 15.5. The number of carbonyl (C=O) groups excluding carboxylic acids is 2. The SMILES string of the molecule is Cc1ncc(COC(=O)[C@@H](N)CCS)c(C=O)c1O. The maximum atomic E-state index is 11.5.